The normalized spacial score (nSPS) is 10.0. The largest absolute Gasteiger partial charge is 0.291 e. The van der Waals surface area contributed by atoms with Gasteiger partial charge in [-0.3, -0.25) is 10.1 Å². The Morgan fingerprint density at radius 3 is 2.71 bits per heavy atom. The van der Waals surface area contributed by atoms with E-state index in [9.17, 15) is 10.1 Å². The lowest BCUT2D eigenvalue weighted by molar-refractivity contribution is -0.383. The van der Waals surface area contributed by atoms with Crippen LogP contribution in [0.1, 0.15) is 0 Å². The average molecular weight is 207 g/mol. The monoisotopic (exact) mass is 207 g/mol. The third-order valence-electron chi connectivity index (χ3n) is 1.61. The lowest BCUT2D eigenvalue weighted by Gasteiger charge is -1.93. The fraction of sp³-hybridized carbons (Fsp3) is 0. The van der Waals surface area contributed by atoms with Gasteiger partial charge in [-0.15, -0.1) is 11.3 Å². The van der Waals surface area contributed by atoms with Crippen LogP contribution in [0.25, 0.3) is 10.7 Å². The van der Waals surface area contributed by atoms with Crippen molar-refractivity contribution >= 4 is 17.0 Å². The Balaban J connectivity index is 2.52. The van der Waals surface area contributed by atoms with E-state index in [1.807, 2.05) is 0 Å². The molecule has 0 fully saturated rings. The highest BCUT2D eigenvalue weighted by molar-refractivity contribution is 7.14. The molecule has 14 heavy (non-hydrogen) atoms. The van der Waals surface area contributed by atoms with Gasteiger partial charge in [0.2, 0.25) is 0 Å². The number of nitro groups is 1. The van der Waals surface area contributed by atoms with Crippen molar-refractivity contribution in [3.63, 3.8) is 0 Å². The van der Waals surface area contributed by atoms with Crippen LogP contribution in [0, 0.1) is 10.1 Å². The van der Waals surface area contributed by atoms with Crippen LogP contribution in [0.2, 0.25) is 0 Å². The van der Waals surface area contributed by atoms with Gasteiger partial charge in [0.25, 0.3) is 5.69 Å². The molecular formula is C8H5N3O2S. The Morgan fingerprint density at radius 2 is 2.07 bits per heavy atom. The predicted octanol–water partition coefficient (Wildman–Crippen LogP) is 2.11. The van der Waals surface area contributed by atoms with Crippen LogP contribution in [0.4, 0.5) is 5.69 Å². The van der Waals surface area contributed by atoms with E-state index in [1.165, 1.54) is 17.4 Å². The van der Waals surface area contributed by atoms with E-state index in [4.69, 9.17) is 0 Å². The third-order valence-corrected chi connectivity index (χ3v) is 2.51. The topological polar surface area (TPSA) is 68.9 Å². The van der Waals surface area contributed by atoms with Gasteiger partial charge in [0.05, 0.1) is 4.92 Å². The molecule has 0 aliphatic heterocycles. The zero-order valence-electron chi connectivity index (χ0n) is 6.95. The van der Waals surface area contributed by atoms with Crippen molar-refractivity contribution in [3.05, 3.63) is 40.0 Å². The number of hydrogen-bond donors (Lipinski definition) is 0. The highest BCUT2D eigenvalue weighted by Gasteiger charge is 2.18. The van der Waals surface area contributed by atoms with Crippen molar-refractivity contribution in [1.82, 2.24) is 9.97 Å². The molecule has 70 valence electrons. The van der Waals surface area contributed by atoms with Crippen molar-refractivity contribution in [2.24, 2.45) is 0 Å². The Kier molecular flexibility index (Phi) is 2.19. The molecule has 2 aromatic rings. The minimum absolute atomic E-state index is 0.0567. The molecule has 0 aliphatic carbocycles. The molecule has 0 amide bonds. The first kappa shape index (κ1) is 8.76. The maximum absolute atomic E-state index is 10.6. The molecule has 0 unspecified atom stereocenters. The molecule has 0 aliphatic rings. The van der Waals surface area contributed by atoms with Crippen molar-refractivity contribution in [2.75, 3.05) is 0 Å². The smallest absolute Gasteiger partial charge is 0.258 e. The van der Waals surface area contributed by atoms with Gasteiger partial charge in [-0.2, -0.15) is 0 Å². The Bertz CT molecular complexity index is 455. The fourth-order valence-electron chi connectivity index (χ4n) is 1.03. The maximum atomic E-state index is 10.6. The zero-order valence-corrected chi connectivity index (χ0v) is 7.77. The molecule has 0 bridgehead atoms. The molecule has 0 spiro atoms. The minimum atomic E-state index is -0.428. The number of rotatable bonds is 2. The van der Waals surface area contributed by atoms with E-state index in [-0.39, 0.29) is 5.69 Å². The molecular weight excluding hydrogens is 202 g/mol. The molecule has 0 saturated carbocycles. The van der Waals surface area contributed by atoms with Crippen LogP contribution >= 0.6 is 11.3 Å². The van der Waals surface area contributed by atoms with E-state index in [0.29, 0.717) is 10.7 Å². The van der Waals surface area contributed by atoms with Crippen molar-refractivity contribution in [1.29, 1.82) is 0 Å². The Morgan fingerprint density at radius 1 is 1.36 bits per heavy atom. The van der Waals surface area contributed by atoms with Crippen molar-refractivity contribution in [2.45, 2.75) is 0 Å². The molecule has 2 heterocycles. The first-order valence-electron chi connectivity index (χ1n) is 3.78. The van der Waals surface area contributed by atoms with Gasteiger partial charge in [-0.25, -0.2) is 9.97 Å². The van der Waals surface area contributed by atoms with Crippen LogP contribution in [0.5, 0.6) is 0 Å². The second-order valence-corrected chi connectivity index (χ2v) is 3.38. The molecule has 0 aromatic carbocycles. The first-order valence-corrected chi connectivity index (χ1v) is 4.66. The van der Waals surface area contributed by atoms with Crippen LogP contribution in [-0.4, -0.2) is 14.9 Å². The molecule has 2 rings (SSSR count). The summed E-state index contributed by atoms with van der Waals surface area (Å²) in [5, 5.41) is 12.3. The van der Waals surface area contributed by atoms with E-state index < -0.39 is 4.92 Å². The zero-order chi connectivity index (χ0) is 9.97. The molecule has 2 aromatic heterocycles. The molecule has 5 nitrogen and oxygen atoms in total. The number of hydrogen-bond acceptors (Lipinski definition) is 5. The highest BCUT2D eigenvalue weighted by Crippen LogP contribution is 2.32. The lowest BCUT2D eigenvalue weighted by atomic mass is 10.4. The van der Waals surface area contributed by atoms with Gasteiger partial charge in [0.1, 0.15) is 4.88 Å². The second-order valence-electron chi connectivity index (χ2n) is 2.46. The summed E-state index contributed by atoms with van der Waals surface area (Å²) in [5.74, 6) is 0.397. The van der Waals surface area contributed by atoms with Gasteiger partial charge in [-0.05, 0) is 11.4 Å². The SMILES string of the molecule is O=[N+]([O-])c1ccsc1-c1ncccn1. The van der Waals surface area contributed by atoms with Gasteiger partial charge in [0.15, 0.2) is 5.82 Å². The van der Waals surface area contributed by atoms with Crippen LogP contribution in [0.3, 0.4) is 0 Å². The summed E-state index contributed by atoms with van der Waals surface area (Å²) in [4.78, 5) is 18.6. The number of nitrogens with zero attached hydrogens (tertiary/aromatic N) is 3. The number of aromatic nitrogens is 2. The second kappa shape index (κ2) is 3.51. The van der Waals surface area contributed by atoms with E-state index in [2.05, 4.69) is 9.97 Å². The molecule has 0 saturated heterocycles. The molecule has 0 N–H and O–H groups in total. The van der Waals surface area contributed by atoms with Gasteiger partial charge < -0.3 is 0 Å². The van der Waals surface area contributed by atoms with Crippen molar-refractivity contribution < 1.29 is 4.92 Å². The summed E-state index contributed by atoms with van der Waals surface area (Å²) in [7, 11) is 0. The van der Waals surface area contributed by atoms with E-state index >= 15 is 0 Å². The number of thiophene rings is 1. The van der Waals surface area contributed by atoms with E-state index in [0.717, 1.165) is 0 Å². The molecule has 0 radical (unpaired) electrons. The van der Waals surface area contributed by atoms with Crippen LogP contribution < -0.4 is 0 Å². The minimum Gasteiger partial charge on any atom is -0.258 e. The van der Waals surface area contributed by atoms with E-state index in [1.54, 1.807) is 23.8 Å². The van der Waals surface area contributed by atoms with Gasteiger partial charge in [0, 0.05) is 18.5 Å². The summed E-state index contributed by atoms with van der Waals surface area (Å²) in [5.41, 5.74) is 0.0567. The molecule has 6 heteroatoms. The first-order chi connectivity index (χ1) is 6.79. The van der Waals surface area contributed by atoms with Gasteiger partial charge >= 0.3 is 0 Å². The van der Waals surface area contributed by atoms with Crippen molar-refractivity contribution in [3.8, 4) is 10.7 Å². The summed E-state index contributed by atoms with van der Waals surface area (Å²) in [6.07, 6.45) is 3.12. The maximum Gasteiger partial charge on any atom is 0.291 e. The predicted molar refractivity (Wildman–Crippen MR) is 52.0 cm³/mol. The van der Waals surface area contributed by atoms with Crippen LogP contribution in [-0.2, 0) is 0 Å². The Hall–Kier alpha value is -1.82. The van der Waals surface area contributed by atoms with Gasteiger partial charge in [-0.1, -0.05) is 0 Å². The Labute approximate surface area is 83.2 Å². The van der Waals surface area contributed by atoms with Crippen LogP contribution in [0.15, 0.2) is 29.9 Å². The summed E-state index contributed by atoms with van der Waals surface area (Å²) < 4.78 is 0. The summed E-state index contributed by atoms with van der Waals surface area (Å²) >= 11 is 1.26. The summed E-state index contributed by atoms with van der Waals surface area (Å²) in [6, 6.07) is 3.12. The summed E-state index contributed by atoms with van der Waals surface area (Å²) in [6.45, 7) is 0. The quantitative estimate of drug-likeness (QED) is 0.558. The standard InChI is InChI=1S/C8H5N3O2S/c12-11(13)6-2-5-14-7(6)8-9-3-1-4-10-8/h1-5H. The average Bonchev–Trinajstić information content (AvgIpc) is 2.67. The highest BCUT2D eigenvalue weighted by atomic mass is 32.1. The fourth-order valence-corrected chi connectivity index (χ4v) is 1.84. The third kappa shape index (κ3) is 1.47. The molecule has 0 atom stereocenters. The lowest BCUT2D eigenvalue weighted by Crippen LogP contribution is -1.90.